The third-order valence-corrected chi connectivity index (χ3v) is 2.62. The molecule has 0 spiro atoms. The molecule has 0 amide bonds. The first-order valence-corrected chi connectivity index (χ1v) is 5.24. The second kappa shape index (κ2) is 5.42. The Morgan fingerprint density at radius 3 is 2.14 bits per heavy atom. The van der Waals surface area contributed by atoms with E-state index in [2.05, 4.69) is 0 Å². The third kappa shape index (κ3) is 3.48. The van der Waals surface area contributed by atoms with Crippen LogP contribution in [0.2, 0.25) is 0 Å². The average molecular weight is 222 g/mol. The molecule has 1 aromatic carbocycles. The fourth-order valence-corrected chi connectivity index (χ4v) is 2.00. The molecule has 1 rings (SSSR count). The molecule has 0 fully saturated rings. The van der Waals surface area contributed by atoms with Gasteiger partial charge in [0.1, 0.15) is 0 Å². The van der Waals surface area contributed by atoms with Gasteiger partial charge >= 0.3 is 29.6 Å². The quantitative estimate of drug-likeness (QED) is 0.522. The molecule has 0 aliphatic carbocycles. The van der Waals surface area contributed by atoms with Crippen molar-refractivity contribution >= 4 is 11.1 Å². The van der Waals surface area contributed by atoms with Gasteiger partial charge in [0.15, 0.2) is 11.1 Å². The molecule has 0 radical (unpaired) electrons. The summed E-state index contributed by atoms with van der Waals surface area (Å²) in [6.45, 7) is 6.08. The van der Waals surface area contributed by atoms with Crippen LogP contribution in [0.25, 0.3) is 0 Å². The molecule has 0 aliphatic rings. The van der Waals surface area contributed by atoms with Crippen LogP contribution in [0.15, 0.2) is 29.2 Å². The summed E-state index contributed by atoms with van der Waals surface area (Å²) in [5.41, 5.74) is 0.838. The number of hydrogen-bond acceptors (Lipinski definition) is 1. The molecule has 14 heavy (non-hydrogen) atoms. The maximum atomic E-state index is 11.0. The molecule has 0 aliphatic heterocycles. The van der Waals surface area contributed by atoms with E-state index in [9.17, 15) is 4.21 Å². The normalized spacial score (nSPS) is 13.1. The first kappa shape index (κ1) is 14.3. The molecule has 2 nitrogen and oxygen atoms in total. The van der Waals surface area contributed by atoms with Gasteiger partial charge in [0.2, 0.25) is 0 Å². The Balaban J connectivity index is 0. The van der Waals surface area contributed by atoms with E-state index in [0.29, 0.717) is 4.90 Å². The zero-order chi connectivity index (χ0) is 10.1. The van der Waals surface area contributed by atoms with Gasteiger partial charge in [-0.05, 0) is 17.0 Å². The second-order valence-corrected chi connectivity index (χ2v) is 4.93. The zero-order valence-corrected chi connectivity index (χ0v) is 11.9. The molecule has 1 N–H and O–H groups in total. The van der Waals surface area contributed by atoms with E-state index in [1.807, 2.05) is 32.9 Å². The first-order valence-electron chi connectivity index (χ1n) is 4.13. The number of rotatable bonds is 1. The largest absolute Gasteiger partial charge is 1.00 e. The Labute approximate surface area is 111 Å². The molecular weight excluding hydrogens is 207 g/mol. The number of benzene rings is 1. The second-order valence-electron chi connectivity index (χ2n) is 4.00. The summed E-state index contributed by atoms with van der Waals surface area (Å²) >= 11 is -1.89. The summed E-state index contributed by atoms with van der Waals surface area (Å²) in [4.78, 5) is 0.509. The topological polar surface area (TPSA) is 37.3 Å². The zero-order valence-electron chi connectivity index (χ0n) is 10.1. The molecule has 1 unspecified atom stereocenters. The Morgan fingerprint density at radius 1 is 1.29 bits per heavy atom. The van der Waals surface area contributed by atoms with E-state index in [-0.39, 0.29) is 36.4 Å². The molecule has 1 atom stereocenters. The van der Waals surface area contributed by atoms with Crippen molar-refractivity contribution in [3.63, 3.8) is 0 Å². The van der Waals surface area contributed by atoms with Crippen molar-refractivity contribution in [3.8, 4) is 0 Å². The van der Waals surface area contributed by atoms with Crippen LogP contribution in [-0.4, -0.2) is 8.76 Å². The summed E-state index contributed by atoms with van der Waals surface area (Å²) in [7, 11) is 0. The van der Waals surface area contributed by atoms with Crippen LogP contribution >= 0.6 is 0 Å². The van der Waals surface area contributed by atoms with E-state index in [4.69, 9.17) is 4.55 Å². The van der Waals surface area contributed by atoms with Crippen LogP contribution in [0.3, 0.4) is 0 Å². The summed E-state index contributed by atoms with van der Waals surface area (Å²) in [5, 5.41) is 0. The van der Waals surface area contributed by atoms with Crippen molar-refractivity contribution in [1.29, 1.82) is 0 Å². The van der Waals surface area contributed by atoms with Gasteiger partial charge in [-0.2, -0.15) is 0 Å². The Hall–Kier alpha value is 0.330. The predicted molar refractivity (Wildman–Crippen MR) is 55.3 cm³/mol. The van der Waals surface area contributed by atoms with Crippen LogP contribution in [0.5, 0.6) is 0 Å². The minimum atomic E-state index is -1.89. The van der Waals surface area contributed by atoms with Crippen molar-refractivity contribution in [2.24, 2.45) is 0 Å². The van der Waals surface area contributed by atoms with E-state index < -0.39 is 11.1 Å². The van der Waals surface area contributed by atoms with E-state index >= 15 is 0 Å². The summed E-state index contributed by atoms with van der Waals surface area (Å²) in [5.74, 6) is 0. The maximum absolute atomic E-state index is 11.0. The van der Waals surface area contributed by atoms with Crippen LogP contribution in [0.1, 0.15) is 27.8 Å². The standard InChI is InChI=1S/C10H14O2S.Na.H/c1-10(2,3)8-6-4-5-7-9(8)13(11)12;;/h4-7H,1-3H3,(H,11,12);;/q;+1;-1. The van der Waals surface area contributed by atoms with Crippen molar-refractivity contribution in [3.05, 3.63) is 29.8 Å². The van der Waals surface area contributed by atoms with Crippen molar-refractivity contribution in [1.82, 2.24) is 0 Å². The smallest absolute Gasteiger partial charge is 1.00 e. The van der Waals surface area contributed by atoms with Gasteiger partial charge in [-0.25, -0.2) is 4.21 Å². The fourth-order valence-electron chi connectivity index (χ4n) is 1.24. The van der Waals surface area contributed by atoms with E-state index in [1.54, 1.807) is 12.1 Å². The van der Waals surface area contributed by atoms with Gasteiger partial charge < -0.3 is 5.98 Å². The number of hydrogen-bond donors (Lipinski definition) is 1. The van der Waals surface area contributed by atoms with Crippen LogP contribution in [0, 0.1) is 0 Å². The molecule has 1 aromatic rings. The van der Waals surface area contributed by atoms with Crippen LogP contribution in [0.4, 0.5) is 0 Å². The van der Waals surface area contributed by atoms with Crippen molar-refractivity contribution in [2.45, 2.75) is 31.1 Å². The fraction of sp³-hybridized carbons (Fsp3) is 0.400. The molecule has 4 heteroatoms. The maximum Gasteiger partial charge on any atom is 1.00 e. The monoisotopic (exact) mass is 222 g/mol. The van der Waals surface area contributed by atoms with Crippen molar-refractivity contribution < 1.29 is 39.7 Å². The van der Waals surface area contributed by atoms with Gasteiger partial charge in [0.25, 0.3) is 0 Å². The summed E-state index contributed by atoms with van der Waals surface area (Å²) in [6, 6.07) is 7.25. The Bertz CT molecular complexity index is 336. The van der Waals surface area contributed by atoms with Crippen molar-refractivity contribution in [2.75, 3.05) is 0 Å². The molecule has 0 aromatic heterocycles. The average Bonchev–Trinajstić information content (AvgIpc) is 2.03. The molecule has 0 heterocycles. The van der Waals surface area contributed by atoms with Gasteiger partial charge in [-0.3, -0.25) is 0 Å². The molecule has 0 saturated heterocycles. The SMILES string of the molecule is CC(C)(C)c1ccccc1S(=O)O.[H-].[Na+]. The molecular formula is C10H15NaO2S. The van der Waals surface area contributed by atoms with Gasteiger partial charge in [0.05, 0.1) is 4.90 Å². The van der Waals surface area contributed by atoms with Gasteiger partial charge in [-0.1, -0.05) is 39.0 Å². The predicted octanol–water partition coefficient (Wildman–Crippen LogP) is -0.319. The summed E-state index contributed by atoms with van der Waals surface area (Å²) in [6.07, 6.45) is 0. The van der Waals surface area contributed by atoms with Gasteiger partial charge in [-0.15, -0.1) is 0 Å². The molecule has 0 bridgehead atoms. The van der Waals surface area contributed by atoms with E-state index in [0.717, 1.165) is 5.56 Å². The minimum Gasteiger partial charge on any atom is -1.00 e. The summed E-state index contributed by atoms with van der Waals surface area (Å²) < 4.78 is 20.0. The minimum absolute atomic E-state index is 0. The Morgan fingerprint density at radius 2 is 1.79 bits per heavy atom. The van der Waals surface area contributed by atoms with Crippen LogP contribution < -0.4 is 29.6 Å². The molecule has 0 saturated carbocycles. The first-order chi connectivity index (χ1) is 5.93. The van der Waals surface area contributed by atoms with E-state index in [1.165, 1.54) is 0 Å². The van der Waals surface area contributed by atoms with Gasteiger partial charge in [0, 0.05) is 0 Å². The Kier molecular flexibility index (Phi) is 5.55. The molecule has 74 valence electrons. The third-order valence-electron chi connectivity index (χ3n) is 1.88. The van der Waals surface area contributed by atoms with Crippen LogP contribution in [-0.2, 0) is 16.5 Å².